The lowest BCUT2D eigenvalue weighted by Gasteiger charge is -2.40. The number of benzene rings is 2. The van der Waals surface area contributed by atoms with Crippen LogP contribution in [0.1, 0.15) is 84.1 Å². The predicted octanol–water partition coefficient (Wildman–Crippen LogP) is 7.73. The van der Waals surface area contributed by atoms with E-state index in [1.807, 2.05) is 68.4 Å². The highest BCUT2D eigenvalue weighted by Crippen LogP contribution is 2.44. The molecule has 0 spiro atoms. The number of ether oxygens (including phenoxy) is 1. The first kappa shape index (κ1) is 27.7. The topological polar surface area (TPSA) is 79.1 Å². The molecule has 0 bridgehead atoms. The quantitative estimate of drug-likeness (QED) is 0.265. The molecule has 3 rings (SSSR count). The zero-order valence-electron chi connectivity index (χ0n) is 22.0. The van der Waals surface area contributed by atoms with Gasteiger partial charge < -0.3 is 14.9 Å². The number of allylic oxidation sites excluding steroid dienone is 1. The highest BCUT2D eigenvalue weighted by molar-refractivity contribution is 5.98. The molecule has 0 saturated heterocycles. The lowest BCUT2D eigenvalue weighted by Crippen LogP contribution is -2.50. The number of carboxylic acids is 1. The number of rotatable bonds is 14. The van der Waals surface area contributed by atoms with Crippen molar-refractivity contribution >= 4 is 11.7 Å². The summed E-state index contributed by atoms with van der Waals surface area (Å²) in [6.45, 7) is 6.06. The van der Waals surface area contributed by atoms with E-state index in [4.69, 9.17) is 9.73 Å². The summed E-state index contributed by atoms with van der Waals surface area (Å²) < 4.78 is 6.00. The minimum Gasteiger partial charge on any atom is -0.481 e. The Morgan fingerprint density at radius 3 is 2.33 bits per heavy atom. The normalized spacial score (nSPS) is 19.8. The van der Waals surface area contributed by atoms with Crippen molar-refractivity contribution in [3.8, 4) is 11.5 Å². The Balaban J connectivity index is 1.88. The van der Waals surface area contributed by atoms with E-state index in [1.165, 1.54) is 19.3 Å². The maximum Gasteiger partial charge on any atom is 0.316 e. The van der Waals surface area contributed by atoms with Crippen LogP contribution in [-0.4, -0.2) is 28.0 Å². The molecular formula is C31H41NO4. The Morgan fingerprint density at radius 1 is 0.944 bits per heavy atom. The fourth-order valence-electron chi connectivity index (χ4n) is 5.12. The molecule has 1 heterocycles. The molecule has 1 aliphatic heterocycles. The summed E-state index contributed by atoms with van der Waals surface area (Å²) >= 11 is 0. The maximum absolute atomic E-state index is 12.8. The Bertz CT molecular complexity index is 1060. The standard InChI is InChI=1S/C31H41NO4/c1-4-6-7-8-9-13-20-31(30(34)35)23(3)28(32-27(15-5-2)29(31)33)22-24-16-14-19-26(21-24)36-25-17-11-10-12-18-25/h10-12,14,16-19,21,29,33H,4-9,13,15,20,22H2,1-3H3,(H,34,35). The second-order valence-corrected chi connectivity index (χ2v) is 9.86. The van der Waals surface area contributed by atoms with Gasteiger partial charge in [-0.15, -0.1) is 0 Å². The van der Waals surface area contributed by atoms with Gasteiger partial charge >= 0.3 is 5.97 Å². The van der Waals surface area contributed by atoms with Crippen LogP contribution in [0.4, 0.5) is 0 Å². The summed E-state index contributed by atoms with van der Waals surface area (Å²) in [4.78, 5) is 17.6. The number of carboxylic acid groups (broad SMARTS) is 1. The van der Waals surface area contributed by atoms with Crippen molar-refractivity contribution in [1.29, 1.82) is 0 Å². The third kappa shape index (κ3) is 6.64. The first-order chi connectivity index (χ1) is 17.4. The average molecular weight is 492 g/mol. The Hall–Kier alpha value is -2.92. The van der Waals surface area contributed by atoms with Crippen LogP contribution in [0.2, 0.25) is 0 Å². The molecule has 2 unspecified atom stereocenters. The van der Waals surface area contributed by atoms with E-state index >= 15 is 0 Å². The fourth-order valence-corrected chi connectivity index (χ4v) is 5.12. The minimum absolute atomic E-state index is 0.421. The number of nitrogens with zero attached hydrogens (tertiary/aromatic N) is 1. The van der Waals surface area contributed by atoms with Gasteiger partial charge in [0.15, 0.2) is 0 Å². The molecule has 2 aromatic rings. The van der Waals surface area contributed by atoms with Crippen LogP contribution in [-0.2, 0) is 11.2 Å². The lowest BCUT2D eigenvalue weighted by atomic mass is 9.67. The second kappa shape index (κ2) is 13.4. The largest absolute Gasteiger partial charge is 0.481 e. The van der Waals surface area contributed by atoms with Crippen LogP contribution in [0.25, 0.3) is 0 Å². The molecule has 36 heavy (non-hydrogen) atoms. The van der Waals surface area contributed by atoms with Crippen molar-refractivity contribution < 1.29 is 19.7 Å². The molecule has 0 radical (unpaired) electrons. The van der Waals surface area contributed by atoms with Gasteiger partial charge in [0, 0.05) is 17.8 Å². The highest BCUT2D eigenvalue weighted by Gasteiger charge is 2.51. The predicted molar refractivity (Wildman–Crippen MR) is 146 cm³/mol. The van der Waals surface area contributed by atoms with Gasteiger partial charge in [0.25, 0.3) is 0 Å². The maximum atomic E-state index is 12.8. The first-order valence-electron chi connectivity index (χ1n) is 13.4. The van der Waals surface area contributed by atoms with Gasteiger partial charge in [0.2, 0.25) is 0 Å². The van der Waals surface area contributed by atoms with E-state index in [2.05, 4.69) is 6.92 Å². The zero-order valence-corrected chi connectivity index (χ0v) is 22.0. The van der Waals surface area contributed by atoms with Gasteiger partial charge in [0.05, 0.1) is 0 Å². The van der Waals surface area contributed by atoms with Crippen LogP contribution in [0.5, 0.6) is 11.5 Å². The molecule has 0 aliphatic carbocycles. The van der Waals surface area contributed by atoms with Crippen LogP contribution in [0.15, 0.2) is 70.9 Å². The number of para-hydroxylation sites is 1. The molecule has 5 heteroatoms. The van der Waals surface area contributed by atoms with E-state index in [-0.39, 0.29) is 0 Å². The van der Waals surface area contributed by atoms with Gasteiger partial charge in [-0.25, -0.2) is 0 Å². The molecule has 0 fully saturated rings. The monoisotopic (exact) mass is 491 g/mol. The van der Waals surface area contributed by atoms with Crippen molar-refractivity contribution in [3.63, 3.8) is 0 Å². The molecule has 0 saturated carbocycles. The van der Waals surface area contributed by atoms with Crippen LogP contribution < -0.4 is 4.74 Å². The van der Waals surface area contributed by atoms with Crippen LogP contribution in [0.3, 0.4) is 0 Å². The van der Waals surface area contributed by atoms with Crippen molar-refractivity contribution in [3.05, 3.63) is 71.4 Å². The SMILES string of the molecule is CCCCCCCCC1(C(=O)O)C(C)=C(Cc2cccc(Oc3ccccc3)c2)N=C(CCC)C1O. The van der Waals surface area contributed by atoms with Gasteiger partial charge in [-0.2, -0.15) is 0 Å². The van der Waals surface area contributed by atoms with E-state index in [0.29, 0.717) is 30.5 Å². The summed E-state index contributed by atoms with van der Waals surface area (Å²) in [6, 6.07) is 17.5. The van der Waals surface area contributed by atoms with Gasteiger partial charge in [-0.1, -0.05) is 89.1 Å². The number of hydrogen-bond acceptors (Lipinski definition) is 4. The molecule has 0 aromatic heterocycles. The molecule has 2 atom stereocenters. The van der Waals surface area contributed by atoms with Crippen molar-refractivity contribution in [2.24, 2.45) is 10.4 Å². The lowest BCUT2D eigenvalue weighted by molar-refractivity contribution is -0.151. The second-order valence-electron chi connectivity index (χ2n) is 9.86. The number of carbonyl (C=O) groups is 1. The molecule has 5 nitrogen and oxygen atoms in total. The minimum atomic E-state index is -1.33. The number of unbranched alkanes of at least 4 members (excludes halogenated alkanes) is 5. The summed E-state index contributed by atoms with van der Waals surface area (Å²) in [5.41, 5.74) is 1.67. The first-order valence-corrected chi connectivity index (χ1v) is 13.4. The Labute approximate surface area is 215 Å². The molecular weight excluding hydrogens is 450 g/mol. The van der Waals surface area contributed by atoms with Gasteiger partial charge in [-0.05, 0) is 55.2 Å². The molecule has 2 N–H and O–H groups in total. The number of aliphatic hydroxyl groups is 1. The van der Waals surface area contributed by atoms with E-state index in [9.17, 15) is 15.0 Å². The smallest absolute Gasteiger partial charge is 0.316 e. The summed E-state index contributed by atoms with van der Waals surface area (Å²) in [6.07, 6.45) is 7.60. The number of aliphatic imine (C=N–C) groups is 1. The summed E-state index contributed by atoms with van der Waals surface area (Å²) in [5.74, 6) is 0.531. The van der Waals surface area contributed by atoms with Crippen LogP contribution >= 0.6 is 0 Å². The summed E-state index contributed by atoms with van der Waals surface area (Å²) in [7, 11) is 0. The number of hydrogen-bond donors (Lipinski definition) is 2. The van der Waals surface area contributed by atoms with Gasteiger partial charge in [0.1, 0.15) is 23.0 Å². The summed E-state index contributed by atoms with van der Waals surface area (Å²) in [5, 5.41) is 21.8. The highest BCUT2D eigenvalue weighted by atomic mass is 16.5. The third-order valence-electron chi connectivity index (χ3n) is 7.22. The zero-order chi connectivity index (χ0) is 26.0. The van der Waals surface area contributed by atoms with Crippen molar-refractivity contribution in [2.45, 2.75) is 91.1 Å². The molecule has 1 aliphatic rings. The molecule has 2 aromatic carbocycles. The van der Waals surface area contributed by atoms with E-state index in [1.54, 1.807) is 0 Å². The van der Waals surface area contributed by atoms with Crippen molar-refractivity contribution in [2.75, 3.05) is 0 Å². The number of aliphatic hydroxyl groups excluding tert-OH is 1. The average Bonchev–Trinajstić information content (AvgIpc) is 2.87. The van der Waals surface area contributed by atoms with Crippen molar-refractivity contribution in [1.82, 2.24) is 0 Å². The molecule has 0 amide bonds. The molecule has 194 valence electrons. The van der Waals surface area contributed by atoms with Crippen LogP contribution in [0, 0.1) is 5.41 Å². The Kier molecular flexibility index (Phi) is 10.3. The number of aliphatic carboxylic acids is 1. The third-order valence-corrected chi connectivity index (χ3v) is 7.22. The Morgan fingerprint density at radius 2 is 1.64 bits per heavy atom. The fraction of sp³-hybridized carbons (Fsp3) is 0.484. The van der Waals surface area contributed by atoms with E-state index in [0.717, 1.165) is 48.4 Å². The van der Waals surface area contributed by atoms with Gasteiger partial charge in [-0.3, -0.25) is 9.79 Å². The van der Waals surface area contributed by atoms with E-state index < -0.39 is 17.5 Å².